The number of aliphatic hydroxyl groups excluding tert-OH is 1. The van der Waals surface area contributed by atoms with Gasteiger partial charge in [-0.3, -0.25) is 0 Å². The van der Waals surface area contributed by atoms with Crippen molar-refractivity contribution in [2.24, 2.45) is 0 Å². The van der Waals surface area contributed by atoms with Gasteiger partial charge in [0.2, 0.25) is 10.0 Å². The van der Waals surface area contributed by atoms with Gasteiger partial charge in [-0.05, 0) is 25.0 Å². The van der Waals surface area contributed by atoms with Gasteiger partial charge in [0, 0.05) is 13.2 Å². The van der Waals surface area contributed by atoms with E-state index in [-0.39, 0.29) is 28.1 Å². The third kappa shape index (κ3) is 4.12. The molecule has 0 spiro atoms. The van der Waals surface area contributed by atoms with E-state index in [1.807, 2.05) is 0 Å². The fourth-order valence-corrected chi connectivity index (χ4v) is 3.47. The molecule has 0 aliphatic heterocycles. The van der Waals surface area contributed by atoms with Crippen LogP contribution in [0, 0.1) is 0 Å². The molecule has 0 fully saturated rings. The maximum absolute atomic E-state index is 11.9. The number of hydrogen-bond acceptors (Lipinski definition) is 3. The number of sulfonamides is 1. The average Bonchev–Trinajstić information content (AvgIpc) is 2.24. The van der Waals surface area contributed by atoms with E-state index in [1.165, 1.54) is 12.1 Å². The summed E-state index contributed by atoms with van der Waals surface area (Å²) in [6, 6.07) is 4.51. The summed E-state index contributed by atoms with van der Waals surface area (Å²) in [5.74, 6) is 0. The zero-order chi connectivity index (χ0) is 12.9. The predicted octanol–water partition coefficient (Wildman–Crippen LogP) is 2.04. The molecule has 0 aromatic heterocycles. The minimum Gasteiger partial charge on any atom is -0.396 e. The molecule has 4 nitrogen and oxygen atoms in total. The Morgan fingerprint density at radius 2 is 1.76 bits per heavy atom. The Balaban J connectivity index is 2.83. The van der Waals surface area contributed by atoms with Crippen LogP contribution in [-0.2, 0) is 10.0 Å². The summed E-state index contributed by atoms with van der Waals surface area (Å²) in [6.45, 7) is 0.277. The van der Waals surface area contributed by atoms with E-state index in [4.69, 9.17) is 28.3 Å². The van der Waals surface area contributed by atoms with Crippen LogP contribution in [0.5, 0.6) is 0 Å². The minimum absolute atomic E-state index is 0.0363. The summed E-state index contributed by atoms with van der Waals surface area (Å²) in [5.41, 5.74) is 0. The molecule has 0 bridgehead atoms. The molecule has 0 aliphatic carbocycles. The van der Waals surface area contributed by atoms with Crippen molar-refractivity contribution in [2.45, 2.75) is 17.7 Å². The third-order valence-electron chi connectivity index (χ3n) is 2.06. The van der Waals surface area contributed by atoms with Crippen LogP contribution in [0.4, 0.5) is 0 Å². The molecule has 0 aliphatic rings. The van der Waals surface area contributed by atoms with Crippen LogP contribution in [-0.4, -0.2) is 26.7 Å². The van der Waals surface area contributed by atoms with E-state index in [9.17, 15) is 8.42 Å². The molecule has 0 saturated carbocycles. The first-order chi connectivity index (χ1) is 7.99. The number of unbranched alkanes of at least 4 members (excludes halogenated alkanes) is 1. The first kappa shape index (κ1) is 14.7. The van der Waals surface area contributed by atoms with Gasteiger partial charge in [0.25, 0.3) is 0 Å². The van der Waals surface area contributed by atoms with Crippen LogP contribution < -0.4 is 4.72 Å². The van der Waals surface area contributed by atoms with Crippen molar-refractivity contribution in [1.82, 2.24) is 4.72 Å². The van der Waals surface area contributed by atoms with Gasteiger partial charge >= 0.3 is 0 Å². The van der Waals surface area contributed by atoms with E-state index in [0.717, 1.165) is 0 Å². The summed E-state index contributed by atoms with van der Waals surface area (Å²) in [4.78, 5) is -0.104. The van der Waals surface area contributed by atoms with E-state index in [1.54, 1.807) is 6.07 Å². The number of rotatable bonds is 6. The summed E-state index contributed by atoms with van der Waals surface area (Å²) in [7, 11) is -3.70. The van der Waals surface area contributed by atoms with Gasteiger partial charge in [0.15, 0.2) is 0 Å². The highest BCUT2D eigenvalue weighted by Crippen LogP contribution is 2.28. The molecule has 0 radical (unpaired) electrons. The van der Waals surface area contributed by atoms with Crippen LogP contribution in [0.3, 0.4) is 0 Å². The molecule has 17 heavy (non-hydrogen) atoms. The summed E-state index contributed by atoms with van der Waals surface area (Å²) >= 11 is 11.6. The van der Waals surface area contributed by atoms with Crippen LogP contribution in [0.25, 0.3) is 0 Å². The Bertz CT molecular complexity index is 456. The van der Waals surface area contributed by atoms with E-state index < -0.39 is 10.0 Å². The molecule has 1 aromatic rings. The molecule has 1 rings (SSSR count). The SMILES string of the molecule is O=S(=O)(NCCCCO)c1c(Cl)cccc1Cl. The van der Waals surface area contributed by atoms with Crippen molar-refractivity contribution < 1.29 is 13.5 Å². The number of halogens is 2. The van der Waals surface area contributed by atoms with Crippen LogP contribution in [0.1, 0.15) is 12.8 Å². The standard InChI is InChI=1S/C10H13Cl2NO3S/c11-8-4-3-5-9(12)10(8)17(15,16)13-6-1-2-7-14/h3-5,13-14H,1-2,6-7H2. The smallest absolute Gasteiger partial charge is 0.243 e. The third-order valence-corrected chi connectivity index (χ3v) is 4.48. The zero-order valence-corrected chi connectivity index (χ0v) is 11.3. The van der Waals surface area contributed by atoms with Gasteiger partial charge in [0.05, 0.1) is 10.0 Å². The lowest BCUT2D eigenvalue weighted by Gasteiger charge is -2.09. The van der Waals surface area contributed by atoms with Crippen molar-refractivity contribution in [3.8, 4) is 0 Å². The van der Waals surface area contributed by atoms with Gasteiger partial charge in [0.1, 0.15) is 4.90 Å². The largest absolute Gasteiger partial charge is 0.396 e. The molecule has 0 heterocycles. The molecule has 2 N–H and O–H groups in total. The zero-order valence-electron chi connectivity index (χ0n) is 8.99. The van der Waals surface area contributed by atoms with Gasteiger partial charge in [-0.1, -0.05) is 29.3 Å². The van der Waals surface area contributed by atoms with E-state index >= 15 is 0 Å². The number of benzene rings is 1. The number of hydrogen-bond donors (Lipinski definition) is 2. The minimum atomic E-state index is -3.70. The quantitative estimate of drug-likeness (QED) is 0.790. The molecule has 7 heteroatoms. The molecule has 0 atom stereocenters. The Morgan fingerprint density at radius 1 is 1.18 bits per heavy atom. The highest BCUT2D eigenvalue weighted by molar-refractivity contribution is 7.89. The maximum atomic E-state index is 11.9. The Hall–Kier alpha value is -0.330. The van der Waals surface area contributed by atoms with Crippen LogP contribution in [0.15, 0.2) is 23.1 Å². The lowest BCUT2D eigenvalue weighted by molar-refractivity contribution is 0.285. The second-order valence-corrected chi connectivity index (χ2v) is 5.90. The predicted molar refractivity (Wildman–Crippen MR) is 68.0 cm³/mol. The van der Waals surface area contributed by atoms with Crippen molar-refractivity contribution in [3.63, 3.8) is 0 Å². The van der Waals surface area contributed by atoms with E-state index in [0.29, 0.717) is 12.8 Å². The first-order valence-corrected chi connectivity index (χ1v) is 7.27. The highest BCUT2D eigenvalue weighted by Gasteiger charge is 2.20. The van der Waals surface area contributed by atoms with Crippen molar-refractivity contribution >= 4 is 33.2 Å². The molecule has 0 saturated heterocycles. The monoisotopic (exact) mass is 297 g/mol. The van der Waals surface area contributed by atoms with Crippen LogP contribution >= 0.6 is 23.2 Å². The molecular weight excluding hydrogens is 285 g/mol. The molecule has 0 unspecified atom stereocenters. The van der Waals surface area contributed by atoms with Gasteiger partial charge in [-0.2, -0.15) is 0 Å². The fourth-order valence-electron chi connectivity index (χ4n) is 1.25. The second-order valence-electron chi connectivity index (χ2n) is 3.38. The molecule has 1 aromatic carbocycles. The second kappa shape index (κ2) is 6.56. The van der Waals surface area contributed by atoms with Crippen molar-refractivity contribution in [1.29, 1.82) is 0 Å². The summed E-state index contributed by atoms with van der Waals surface area (Å²) < 4.78 is 26.2. The Kier molecular flexibility index (Phi) is 5.69. The lowest BCUT2D eigenvalue weighted by atomic mass is 10.3. The Morgan fingerprint density at radius 3 is 2.29 bits per heavy atom. The summed E-state index contributed by atoms with van der Waals surface area (Å²) in [6.07, 6.45) is 1.09. The van der Waals surface area contributed by atoms with Crippen molar-refractivity contribution in [2.75, 3.05) is 13.2 Å². The molecule has 0 amide bonds. The lowest BCUT2D eigenvalue weighted by Crippen LogP contribution is -2.25. The molecule has 96 valence electrons. The highest BCUT2D eigenvalue weighted by atomic mass is 35.5. The number of nitrogens with one attached hydrogen (secondary N) is 1. The molecular formula is C10H13Cl2NO3S. The van der Waals surface area contributed by atoms with Gasteiger partial charge in [-0.15, -0.1) is 0 Å². The Labute approximate surface area is 111 Å². The first-order valence-electron chi connectivity index (χ1n) is 5.03. The van der Waals surface area contributed by atoms with Gasteiger partial charge < -0.3 is 5.11 Å². The van der Waals surface area contributed by atoms with Crippen molar-refractivity contribution in [3.05, 3.63) is 28.2 Å². The topological polar surface area (TPSA) is 66.4 Å². The fraction of sp³-hybridized carbons (Fsp3) is 0.400. The van der Waals surface area contributed by atoms with Gasteiger partial charge in [-0.25, -0.2) is 13.1 Å². The van der Waals surface area contributed by atoms with Crippen LogP contribution in [0.2, 0.25) is 10.0 Å². The van der Waals surface area contributed by atoms with E-state index in [2.05, 4.69) is 4.72 Å². The maximum Gasteiger partial charge on any atom is 0.243 e. The normalized spacial score (nSPS) is 11.7. The number of aliphatic hydroxyl groups is 1. The average molecular weight is 298 g/mol. The summed E-state index contributed by atoms with van der Waals surface area (Å²) in [5, 5.41) is 8.76.